The molecule has 2 fully saturated rings. The second-order valence-electron chi connectivity index (χ2n) is 4.95. The lowest BCUT2D eigenvalue weighted by Crippen LogP contribution is -2.56. The van der Waals surface area contributed by atoms with E-state index in [4.69, 9.17) is 4.74 Å². The number of ether oxygens (including phenoxy) is 1. The lowest BCUT2D eigenvalue weighted by Gasteiger charge is -2.46. The minimum atomic E-state index is -0.0508. The van der Waals surface area contributed by atoms with Crippen LogP contribution in [0.2, 0.25) is 0 Å². The van der Waals surface area contributed by atoms with Crippen LogP contribution in [0.5, 0.6) is 0 Å². The Kier molecular flexibility index (Phi) is 3.61. The normalized spacial score (nSPS) is 31.2. The van der Waals surface area contributed by atoms with Gasteiger partial charge in [-0.05, 0) is 19.4 Å². The van der Waals surface area contributed by atoms with Crippen LogP contribution in [0.25, 0.3) is 0 Å². The third kappa shape index (κ3) is 2.33. The number of piperidine rings is 1. The standard InChI is InChI=1S/C11H21NO3/c13-5-10-3-1-2-4-12(10)6-11(7-14)8-15-9-11/h10,13-14H,1-9H2/t10-/m1/s1. The Balaban J connectivity index is 1.90. The number of rotatable bonds is 4. The smallest absolute Gasteiger partial charge is 0.0586 e. The Bertz CT molecular complexity index is 200. The number of hydrogen-bond donors (Lipinski definition) is 2. The molecule has 0 bridgehead atoms. The molecule has 15 heavy (non-hydrogen) atoms. The Morgan fingerprint density at radius 1 is 1.27 bits per heavy atom. The van der Waals surface area contributed by atoms with Crippen molar-refractivity contribution in [2.24, 2.45) is 5.41 Å². The van der Waals surface area contributed by atoms with E-state index in [1.54, 1.807) is 0 Å². The van der Waals surface area contributed by atoms with Crippen molar-refractivity contribution in [3.8, 4) is 0 Å². The molecule has 4 nitrogen and oxygen atoms in total. The molecule has 0 aromatic heterocycles. The molecule has 0 unspecified atom stereocenters. The van der Waals surface area contributed by atoms with Crippen molar-refractivity contribution in [2.45, 2.75) is 25.3 Å². The number of nitrogens with zero attached hydrogens (tertiary/aromatic N) is 1. The van der Waals surface area contributed by atoms with Crippen LogP contribution >= 0.6 is 0 Å². The van der Waals surface area contributed by atoms with E-state index in [0.29, 0.717) is 19.3 Å². The minimum Gasteiger partial charge on any atom is -0.396 e. The fraction of sp³-hybridized carbons (Fsp3) is 1.00. The lowest BCUT2D eigenvalue weighted by atomic mass is 9.85. The molecule has 0 aromatic carbocycles. The molecule has 0 spiro atoms. The van der Waals surface area contributed by atoms with E-state index in [1.807, 2.05) is 0 Å². The molecule has 2 saturated heterocycles. The van der Waals surface area contributed by atoms with E-state index in [0.717, 1.165) is 19.5 Å². The quantitative estimate of drug-likeness (QED) is 0.684. The van der Waals surface area contributed by atoms with E-state index in [2.05, 4.69) is 4.90 Å². The summed E-state index contributed by atoms with van der Waals surface area (Å²) in [5, 5.41) is 18.6. The van der Waals surface area contributed by atoms with Gasteiger partial charge in [-0.3, -0.25) is 4.90 Å². The number of hydrogen-bond acceptors (Lipinski definition) is 4. The zero-order valence-corrected chi connectivity index (χ0v) is 9.19. The Morgan fingerprint density at radius 3 is 2.60 bits per heavy atom. The van der Waals surface area contributed by atoms with Gasteiger partial charge in [0.1, 0.15) is 0 Å². The Hall–Kier alpha value is -0.160. The molecule has 0 aliphatic carbocycles. The Morgan fingerprint density at radius 2 is 2.07 bits per heavy atom. The van der Waals surface area contributed by atoms with E-state index in [-0.39, 0.29) is 18.6 Å². The SMILES string of the molecule is OC[C@H]1CCCCN1CC1(CO)COC1. The first-order chi connectivity index (χ1) is 7.29. The monoisotopic (exact) mass is 215 g/mol. The highest BCUT2D eigenvalue weighted by Gasteiger charge is 2.41. The van der Waals surface area contributed by atoms with Crippen LogP contribution in [0, 0.1) is 5.41 Å². The van der Waals surface area contributed by atoms with Gasteiger partial charge in [0.05, 0.1) is 31.8 Å². The summed E-state index contributed by atoms with van der Waals surface area (Å²) in [7, 11) is 0. The molecule has 4 heteroatoms. The van der Waals surface area contributed by atoms with Crippen molar-refractivity contribution in [3.63, 3.8) is 0 Å². The summed E-state index contributed by atoms with van der Waals surface area (Å²) in [4.78, 5) is 2.32. The molecule has 0 aromatic rings. The second-order valence-corrected chi connectivity index (χ2v) is 4.95. The van der Waals surface area contributed by atoms with E-state index in [1.165, 1.54) is 12.8 Å². The van der Waals surface area contributed by atoms with Crippen LogP contribution in [0.15, 0.2) is 0 Å². The highest BCUT2D eigenvalue weighted by Crippen LogP contribution is 2.30. The van der Waals surface area contributed by atoms with Gasteiger partial charge in [-0.2, -0.15) is 0 Å². The van der Waals surface area contributed by atoms with Gasteiger partial charge in [0.2, 0.25) is 0 Å². The maximum absolute atomic E-state index is 9.36. The predicted octanol–water partition coefficient (Wildman–Crippen LogP) is -0.158. The zero-order valence-electron chi connectivity index (χ0n) is 9.19. The zero-order chi connectivity index (χ0) is 10.7. The third-order valence-corrected chi connectivity index (χ3v) is 3.65. The average Bonchev–Trinajstić information content (AvgIpc) is 2.24. The Labute approximate surface area is 90.8 Å². The van der Waals surface area contributed by atoms with Crippen LogP contribution in [-0.2, 0) is 4.74 Å². The molecule has 2 heterocycles. The van der Waals surface area contributed by atoms with Crippen LogP contribution in [0.1, 0.15) is 19.3 Å². The average molecular weight is 215 g/mol. The summed E-state index contributed by atoms with van der Waals surface area (Å²) < 4.78 is 5.19. The van der Waals surface area contributed by atoms with Gasteiger partial charge >= 0.3 is 0 Å². The number of aliphatic hydroxyl groups excluding tert-OH is 2. The molecule has 2 rings (SSSR count). The van der Waals surface area contributed by atoms with Gasteiger partial charge in [-0.25, -0.2) is 0 Å². The largest absolute Gasteiger partial charge is 0.396 e. The van der Waals surface area contributed by atoms with E-state index < -0.39 is 0 Å². The molecule has 0 radical (unpaired) electrons. The fourth-order valence-electron chi connectivity index (χ4n) is 2.53. The van der Waals surface area contributed by atoms with Gasteiger partial charge < -0.3 is 14.9 Å². The van der Waals surface area contributed by atoms with Crippen LogP contribution in [0.3, 0.4) is 0 Å². The van der Waals surface area contributed by atoms with Crippen molar-refractivity contribution < 1.29 is 14.9 Å². The van der Waals surface area contributed by atoms with Gasteiger partial charge in [-0.1, -0.05) is 6.42 Å². The molecule has 0 amide bonds. The summed E-state index contributed by atoms with van der Waals surface area (Å²) in [6.07, 6.45) is 3.50. The lowest BCUT2D eigenvalue weighted by molar-refractivity contribution is -0.154. The number of likely N-dealkylation sites (tertiary alicyclic amines) is 1. The second kappa shape index (κ2) is 4.78. The first kappa shape index (κ1) is 11.3. The highest BCUT2D eigenvalue weighted by atomic mass is 16.5. The molecule has 2 aliphatic rings. The topological polar surface area (TPSA) is 52.9 Å². The van der Waals surface area contributed by atoms with Crippen molar-refractivity contribution in [2.75, 3.05) is 39.5 Å². The van der Waals surface area contributed by atoms with Gasteiger partial charge in [0.25, 0.3) is 0 Å². The number of aliphatic hydroxyl groups is 2. The first-order valence-electron chi connectivity index (χ1n) is 5.83. The van der Waals surface area contributed by atoms with Crippen molar-refractivity contribution in [3.05, 3.63) is 0 Å². The minimum absolute atomic E-state index is 0.0508. The first-order valence-corrected chi connectivity index (χ1v) is 5.83. The van der Waals surface area contributed by atoms with E-state index >= 15 is 0 Å². The summed E-state index contributed by atoms with van der Waals surface area (Å²) in [5.74, 6) is 0. The van der Waals surface area contributed by atoms with Crippen LogP contribution in [0.4, 0.5) is 0 Å². The fourth-order valence-corrected chi connectivity index (χ4v) is 2.53. The molecule has 2 N–H and O–H groups in total. The summed E-state index contributed by atoms with van der Waals surface area (Å²) in [5.41, 5.74) is -0.0508. The molecule has 2 aliphatic heterocycles. The summed E-state index contributed by atoms with van der Waals surface area (Å²) in [6, 6.07) is 0.294. The predicted molar refractivity (Wildman–Crippen MR) is 56.6 cm³/mol. The third-order valence-electron chi connectivity index (χ3n) is 3.65. The van der Waals surface area contributed by atoms with Crippen LogP contribution in [-0.4, -0.2) is 60.7 Å². The molecular weight excluding hydrogens is 194 g/mol. The molecule has 1 atom stereocenters. The van der Waals surface area contributed by atoms with Gasteiger partial charge in [0.15, 0.2) is 0 Å². The summed E-state index contributed by atoms with van der Waals surface area (Å²) in [6.45, 7) is 3.68. The molecule has 0 saturated carbocycles. The highest BCUT2D eigenvalue weighted by molar-refractivity contribution is 4.90. The van der Waals surface area contributed by atoms with Gasteiger partial charge in [0, 0.05) is 12.6 Å². The maximum Gasteiger partial charge on any atom is 0.0586 e. The molecule has 88 valence electrons. The molecular formula is C11H21NO3. The maximum atomic E-state index is 9.36. The summed E-state index contributed by atoms with van der Waals surface area (Å²) >= 11 is 0. The van der Waals surface area contributed by atoms with Crippen molar-refractivity contribution >= 4 is 0 Å². The van der Waals surface area contributed by atoms with Crippen LogP contribution < -0.4 is 0 Å². The van der Waals surface area contributed by atoms with E-state index in [9.17, 15) is 10.2 Å². The van der Waals surface area contributed by atoms with Gasteiger partial charge in [-0.15, -0.1) is 0 Å². The van der Waals surface area contributed by atoms with Crippen molar-refractivity contribution in [1.29, 1.82) is 0 Å². The van der Waals surface area contributed by atoms with Crippen molar-refractivity contribution in [1.82, 2.24) is 4.90 Å².